The SMILES string of the molecule is CCc1cccc(C)c1NC(=O)CN(CCO)CCOC. The number of hydrogen-bond donors (Lipinski definition) is 2. The summed E-state index contributed by atoms with van der Waals surface area (Å²) < 4.78 is 5.02. The van der Waals surface area contributed by atoms with Gasteiger partial charge in [-0.25, -0.2) is 0 Å². The summed E-state index contributed by atoms with van der Waals surface area (Å²) in [6.45, 7) is 5.97. The zero-order valence-electron chi connectivity index (χ0n) is 13.2. The molecule has 0 aliphatic heterocycles. The number of ether oxygens (including phenoxy) is 1. The van der Waals surface area contributed by atoms with Crippen molar-refractivity contribution in [1.29, 1.82) is 0 Å². The first-order valence-corrected chi connectivity index (χ1v) is 7.32. The Labute approximate surface area is 126 Å². The van der Waals surface area contributed by atoms with Crippen LogP contribution in [0.25, 0.3) is 0 Å². The summed E-state index contributed by atoms with van der Waals surface area (Å²) in [5.41, 5.74) is 3.10. The molecule has 0 bridgehead atoms. The van der Waals surface area contributed by atoms with E-state index in [1.54, 1.807) is 7.11 Å². The van der Waals surface area contributed by atoms with Gasteiger partial charge in [0.25, 0.3) is 0 Å². The van der Waals surface area contributed by atoms with Crippen molar-refractivity contribution in [3.8, 4) is 0 Å². The Balaban J connectivity index is 2.67. The monoisotopic (exact) mass is 294 g/mol. The standard InChI is InChI=1S/C16H26N2O3/c1-4-14-7-5-6-13(2)16(14)17-15(20)12-18(8-10-19)9-11-21-3/h5-7,19H,4,8-12H2,1-3H3,(H,17,20). The van der Waals surface area contributed by atoms with Crippen LogP contribution in [-0.2, 0) is 16.0 Å². The predicted octanol–water partition coefficient (Wildman–Crippen LogP) is 1.44. The smallest absolute Gasteiger partial charge is 0.238 e. The molecule has 5 heteroatoms. The molecular formula is C16H26N2O3. The quantitative estimate of drug-likeness (QED) is 0.723. The van der Waals surface area contributed by atoms with E-state index >= 15 is 0 Å². The fourth-order valence-electron chi connectivity index (χ4n) is 2.22. The van der Waals surface area contributed by atoms with E-state index in [4.69, 9.17) is 9.84 Å². The number of carbonyl (C=O) groups is 1. The molecule has 1 aromatic carbocycles. The molecule has 0 radical (unpaired) electrons. The molecule has 1 amide bonds. The molecule has 2 N–H and O–H groups in total. The first-order chi connectivity index (χ1) is 10.1. The van der Waals surface area contributed by atoms with Crippen LogP contribution in [0.2, 0.25) is 0 Å². The Morgan fingerprint density at radius 2 is 2.14 bits per heavy atom. The van der Waals surface area contributed by atoms with Crippen molar-refractivity contribution < 1.29 is 14.6 Å². The first-order valence-electron chi connectivity index (χ1n) is 7.32. The van der Waals surface area contributed by atoms with Crippen molar-refractivity contribution in [1.82, 2.24) is 4.90 Å². The van der Waals surface area contributed by atoms with Gasteiger partial charge in [-0.1, -0.05) is 25.1 Å². The molecule has 5 nitrogen and oxygen atoms in total. The Hall–Kier alpha value is -1.43. The van der Waals surface area contributed by atoms with Gasteiger partial charge in [0.2, 0.25) is 5.91 Å². The minimum atomic E-state index is -0.0662. The number of benzene rings is 1. The van der Waals surface area contributed by atoms with Gasteiger partial charge < -0.3 is 15.2 Å². The number of rotatable bonds is 9. The molecule has 0 saturated carbocycles. The number of aliphatic hydroxyl groups is 1. The molecule has 0 fully saturated rings. The van der Waals surface area contributed by atoms with Crippen molar-refractivity contribution in [2.45, 2.75) is 20.3 Å². The van der Waals surface area contributed by atoms with Gasteiger partial charge in [0.1, 0.15) is 0 Å². The fraction of sp³-hybridized carbons (Fsp3) is 0.562. The largest absolute Gasteiger partial charge is 0.395 e. The predicted molar refractivity (Wildman–Crippen MR) is 84.6 cm³/mol. The number of methoxy groups -OCH3 is 1. The number of anilines is 1. The maximum Gasteiger partial charge on any atom is 0.238 e. The van der Waals surface area contributed by atoms with Crippen molar-refractivity contribution in [2.75, 3.05) is 45.3 Å². The zero-order chi connectivity index (χ0) is 15.7. The van der Waals surface area contributed by atoms with Crippen LogP contribution < -0.4 is 5.32 Å². The third kappa shape index (κ3) is 5.83. The lowest BCUT2D eigenvalue weighted by Gasteiger charge is -2.21. The summed E-state index contributed by atoms with van der Waals surface area (Å²) in [6.07, 6.45) is 0.876. The Morgan fingerprint density at radius 1 is 1.38 bits per heavy atom. The van der Waals surface area contributed by atoms with E-state index in [0.29, 0.717) is 19.7 Å². The molecule has 0 atom stereocenters. The second-order valence-electron chi connectivity index (χ2n) is 5.00. The van der Waals surface area contributed by atoms with Crippen LogP contribution in [0.3, 0.4) is 0 Å². The Bertz CT molecular complexity index is 449. The fourth-order valence-corrected chi connectivity index (χ4v) is 2.22. The third-order valence-electron chi connectivity index (χ3n) is 3.40. The molecule has 0 spiro atoms. The summed E-state index contributed by atoms with van der Waals surface area (Å²) in [6, 6.07) is 6.02. The van der Waals surface area contributed by atoms with Crippen LogP contribution >= 0.6 is 0 Å². The summed E-state index contributed by atoms with van der Waals surface area (Å²) >= 11 is 0. The van der Waals surface area contributed by atoms with E-state index in [9.17, 15) is 4.79 Å². The lowest BCUT2D eigenvalue weighted by atomic mass is 10.1. The molecule has 1 aromatic rings. The lowest BCUT2D eigenvalue weighted by molar-refractivity contribution is -0.117. The van der Waals surface area contributed by atoms with Crippen molar-refractivity contribution in [2.24, 2.45) is 0 Å². The zero-order valence-corrected chi connectivity index (χ0v) is 13.2. The molecule has 0 unspecified atom stereocenters. The van der Waals surface area contributed by atoms with E-state index < -0.39 is 0 Å². The van der Waals surface area contributed by atoms with Gasteiger partial charge >= 0.3 is 0 Å². The highest BCUT2D eigenvalue weighted by atomic mass is 16.5. The average molecular weight is 294 g/mol. The number of nitrogens with zero attached hydrogens (tertiary/aromatic N) is 1. The minimum Gasteiger partial charge on any atom is -0.395 e. The van der Waals surface area contributed by atoms with Gasteiger partial charge in [-0.15, -0.1) is 0 Å². The van der Waals surface area contributed by atoms with Gasteiger partial charge in [0.05, 0.1) is 19.8 Å². The normalized spacial score (nSPS) is 10.9. The van der Waals surface area contributed by atoms with Crippen LogP contribution in [-0.4, -0.2) is 55.9 Å². The highest BCUT2D eigenvalue weighted by molar-refractivity contribution is 5.93. The average Bonchev–Trinajstić information content (AvgIpc) is 2.47. The van der Waals surface area contributed by atoms with Crippen LogP contribution in [0.1, 0.15) is 18.1 Å². The number of aliphatic hydroxyl groups excluding tert-OH is 1. The van der Waals surface area contributed by atoms with E-state index in [0.717, 1.165) is 23.2 Å². The lowest BCUT2D eigenvalue weighted by Crippen LogP contribution is -2.37. The van der Waals surface area contributed by atoms with Gasteiger partial charge in [-0.05, 0) is 24.5 Å². The van der Waals surface area contributed by atoms with E-state index in [1.165, 1.54) is 0 Å². The van der Waals surface area contributed by atoms with E-state index in [-0.39, 0.29) is 19.1 Å². The molecule has 21 heavy (non-hydrogen) atoms. The molecular weight excluding hydrogens is 268 g/mol. The number of amides is 1. The minimum absolute atomic E-state index is 0.0293. The number of nitrogens with one attached hydrogen (secondary N) is 1. The Kier molecular flexibility index (Phi) is 7.97. The maximum absolute atomic E-state index is 12.2. The van der Waals surface area contributed by atoms with Crippen molar-refractivity contribution >= 4 is 11.6 Å². The van der Waals surface area contributed by atoms with Crippen molar-refractivity contribution in [3.63, 3.8) is 0 Å². The maximum atomic E-state index is 12.2. The van der Waals surface area contributed by atoms with Crippen LogP contribution in [0.4, 0.5) is 5.69 Å². The molecule has 118 valence electrons. The third-order valence-corrected chi connectivity index (χ3v) is 3.40. The van der Waals surface area contributed by atoms with Crippen LogP contribution in [0.5, 0.6) is 0 Å². The molecule has 0 heterocycles. The highest BCUT2D eigenvalue weighted by Crippen LogP contribution is 2.20. The Morgan fingerprint density at radius 3 is 2.76 bits per heavy atom. The first kappa shape index (κ1) is 17.6. The highest BCUT2D eigenvalue weighted by Gasteiger charge is 2.13. The number of carbonyl (C=O) groups excluding carboxylic acids is 1. The molecule has 0 aliphatic carbocycles. The summed E-state index contributed by atoms with van der Waals surface area (Å²) in [4.78, 5) is 14.1. The van der Waals surface area contributed by atoms with Gasteiger partial charge in [0.15, 0.2) is 0 Å². The molecule has 0 aliphatic rings. The van der Waals surface area contributed by atoms with Crippen LogP contribution in [0.15, 0.2) is 18.2 Å². The van der Waals surface area contributed by atoms with Gasteiger partial charge in [-0.2, -0.15) is 0 Å². The summed E-state index contributed by atoms with van der Waals surface area (Å²) in [5, 5.41) is 12.0. The molecule has 1 rings (SSSR count). The van der Waals surface area contributed by atoms with Crippen LogP contribution in [0, 0.1) is 6.92 Å². The van der Waals surface area contributed by atoms with Gasteiger partial charge in [0, 0.05) is 25.9 Å². The second kappa shape index (κ2) is 9.50. The molecule has 0 aromatic heterocycles. The van der Waals surface area contributed by atoms with Gasteiger partial charge in [-0.3, -0.25) is 9.69 Å². The van der Waals surface area contributed by atoms with E-state index in [1.807, 2.05) is 30.0 Å². The number of hydrogen-bond acceptors (Lipinski definition) is 4. The molecule has 0 saturated heterocycles. The summed E-state index contributed by atoms with van der Waals surface area (Å²) in [5.74, 6) is -0.0662. The summed E-state index contributed by atoms with van der Waals surface area (Å²) in [7, 11) is 1.62. The van der Waals surface area contributed by atoms with Crippen molar-refractivity contribution in [3.05, 3.63) is 29.3 Å². The number of para-hydroxylation sites is 1. The number of aryl methyl sites for hydroxylation is 2. The second-order valence-corrected chi connectivity index (χ2v) is 5.00. The van der Waals surface area contributed by atoms with E-state index in [2.05, 4.69) is 12.2 Å². The topological polar surface area (TPSA) is 61.8 Å².